The number of rotatable bonds is 2. The van der Waals surface area contributed by atoms with E-state index in [1.165, 1.54) is 31.2 Å². The maximum absolute atomic E-state index is 2.36. The van der Waals surface area contributed by atoms with Crippen molar-refractivity contribution >= 4 is 0 Å². The van der Waals surface area contributed by atoms with Gasteiger partial charge in [-0.2, -0.15) is 0 Å². The van der Waals surface area contributed by atoms with Gasteiger partial charge in [0.05, 0.1) is 0 Å². The van der Waals surface area contributed by atoms with Crippen LogP contribution in [-0.2, 0) is 5.41 Å². The van der Waals surface area contributed by atoms with Crippen LogP contribution in [0.4, 0.5) is 0 Å². The third kappa shape index (κ3) is 1.70. The second-order valence-corrected chi connectivity index (χ2v) is 4.80. The standard InChI is InChI=1S/C14H19/c1-14(2,13-10-6-7-11-13)12-8-4-3-5-9-12/h3-5,8-9H,6-7,10-11H2,1-2H3. The summed E-state index contributed by atoms with van der Waals surface area (Å²) in [6.45, 7) is 4.73. The molecule has 0 nitrogen and oxygen atoms in total. The van der Waals surface area contributed by atoms with E-state index in [9.17, 15) is 0 Å². The summed E-state index contributed by atoms with van der Waals surface area (Å²) in [5.41, 5.74) is 1.76. The van der Waals surface area contributed by atoms with E-state index in [1.807, 2.05) is 0 Å². The average Bonchev–Trinajstić information content (AvgIpc) is 2.72. The van der Waals surface area contributed by atoms with Crippen LogP contribution in [0.3, 0.4) is 0 Å². The summed E-state index contributed by atoms with van der Waals surface area (Å²) < 4.78 is 0. The molecule has 0 heteroatoms. The quantitative estimate of drug-likeness (QED) is 0.653. The molecule has 0 saturated heterocycles. The van der Waals surface area contributed by atoms with Gasteiger partial charge in [0.1, 0.15) is 0 Å². The summed E-state index contributed by atoms with van der Waals surface area (Å²) in [4.78, 5) is 0. The van der Waals surface area contributed by atoms with Gasteiger partial charge >= 0.3 is 0 Å². The van der Waals surface area contributed by atoms with Crippen molar-refractivity contribution in [3.63, 3.8) is 0 Å². The molecule has 0 heterocycles. The van der Waals surface area contributed by atoms with Crippen LogP contribution in [0.2, 0.25) is 0 Å². The molecule has 0 N–H and O–H groups in total. The fourth-order valence-corrected chi connectivity index (χ4v) is 2.49. The maximum atomic E-state index is 2.36. The van der Waals surface area contributed by atoms with Gasteiger partial charge in [0.25, 0.3) is 0 Å². The summed E-state index contributed by atoms with van der Waals surface area (Å²) in [5.74, 6) is 1.74. The fourth-order valence-electron chi connectivity index (χ4n) is 2.49. The topological polar surface area (TPSA) is 0 Å². The molecule has 0 aromatic heterocycles. The van der Waals surface area contributed by atoms with E-state index in [1.54, 1.807) is 5.92 Å². The fraction of sp³-hybridized carbons (Fsp3) is 0.500. The Morgan fingerprint density at radius 2 is 1.50 bits per heavy atom. The average molecular weight is 187 g/mol. The van der Waals surface area contributed by atoms with E-state index >= 15 is 0 Å². The molecule has 14 heavy (non-hydrogen) atoms. The lowest BCUT2D eigenvalue weighted by Crippen LogP contribution is -2.24. The molecule has 1 aromatic rings. The van der Waals surface area contributed by atoms with Gasteiger partial charge in [-0.3, -0.25) is 0 Å². The van der Waals surface area contributed by atoms with Gasteiger partial charge in [0.2, 0.25) is 0 Å². The van der Waals surface area contributed by atoms with Crippen LogP contribution < -0.4 is 0 Å². The molecule has 0 amide bonds. The van der Waals surface area contributed by atoms with E-state index in [0.717, 1.165) is 0 Å². The molecule has 0 spiro atoms. The van der Waals surface area contributed by atoms with Gasteiger partial charge in [0.15, 0.2) is 0 Å². The zero-order valence-electron chi connectivity index (χ0n) is 9.22. The van der Waals surface area contributed by atoms with E-state index in [0.29, 0.717) is 0 Å². The van der Waals surface area contributed by atoms with Crippen LogP contribution in [0, 0.1) is 5.92 Å². The lowest BCUT2D eigenvalue weighted by atomic mass is 9.72. The van der Waals surface area contributed by atoms with E-state index in [4.69, 9.17) is 0 Å². The van der Waals surface area contributed by atoms with E-state index < -0.39 is 0 Å². The molecule has 1 aliphatic carbocycles. The Morgan fingerprint density at radius 1 is 0.929 bits per heavy atom. The molecule has 0 unspecified atom stereocenters. The monoisotopic (exact) mass is 187 g/mol. The Bertz CT molecular complexity index is 278. The van der Waals surface area contributed by atoms with Crippen molar-refractivity contribution in [2.75, 3.05) is 0 Å². The third-order valence-electron chi connectivity index (χ3n) is 3.59. The van der Waals surface area contributed by atoms with Crippen LogP contribution >= 0.6 is 0 Å². The second-order valence-electron chi connectivity index (χ2n) is 4.80. The first-order valence-corrected chi connectivity index (χ1v) is 5.62. The smallest absolute Gasteiger partial charge is 0.00415 e. The predicted octanol–water partition coefficient (Wildman–Crippen LogP) is 4.11. The van der Waals surface area contributed by atoms with Crippen LogP contribution in [0.15, 0.2) is 30.3 Å². The highest BCUT2D eigenvalue weighted by molar-refractivity contribution is 5.31. The van der Waals surface area contributed by atoms with Crippen molar-refractivity contribution in [3.8, 4) is 0 Å². The van der Waals surface area contributed by atoms with Crippen molar-refractivity contribution < 1.29 is 0 Å². The van der Waals surface area contributed by atoms with Crippen LogP contribution in [0.1, 0.15) is 45.1 Å². The van der Waals surface area contributed by atoms with Crippen LogP contribution in [0.25, 0.3) is 0 Å². The zero-order valence-corrected chi connectivity index (χ0v) is 9.22. The van der Waals surface area contributed by atoms with Crippen molar-refractivity contribution in [2.24, 2.45) is 0 Å². The molecule has 0 aliphatic heterocycles. The van der Waals surface area contributed by atoms with Gasteiger partial charge in [-0.25, -0.2) is 0 Å². The normalized spacial score (nSPS) is 18.7. The van der Waals surface area contributed by atoms with Gasteiger partial charge < -0.3 is 0 Å². The Morgan fingerprint density at radius 3 is 2.07 bits per heavy atom. The molecule has 2 rings (SSSR count). The first-order chi connectivity index (χ1) is 6.71. The largest absolute Gasteiger partial charge is 0.0622 e. The van der Waals surface area contributed by atoms with E-state index in [-0.39, 0.29) is 5.41 Å². The third-order valence-corrected chi connectivity index (χ3v) is 3.59. The minimum Gasteiger partial charge on any atom is -0.0622 e. The van der Waals surface area contributed by atoms with Gasteiger partial charge in [-0.15, -0.1) is 0 Å². The Hall–Kier alpha value is -0.780. The summed E-state index contributed by atoms with van der Waals surface area (Å²) in [6, 6.07) is 10.9. The summed E-state index contributed by atoms with van der Waals surface area (Å²) >= 11 is 0. The summed E-state index contributed by atoms with van der Waals surface area (Å²) in [5, 5.41) is 0. The van der Waals surface area contributed by atoms with Gasteiger partial charge in [-0.05, 0) is 29.7 Å². The molecular formula is C14H19. The molecule has 1 aliphatic rings. The van der Waals surface area contributed by atoms with E-state index in [2.05, 4.69) is 44.2 Å². The highest BCUT2D eigenvalue weighted by Crippen LogP contribution is 2.43. The molecule has 1 saturated carbocycles. The Kier molecular flexibility index (Phi) is 2.62. The molecule has 0 atom stereocenters. The first-order valence-electron chi connectivity index (χ1n) is 5.62. The van der Waals surface area contributed by atoms with Crippen molar-refractivity contribution in [1.82, 2.24) is 0 Å². The summed E-state index contributed by atoms with van der Waals surface area (Å²) in [6.07, 6.45) is 5.46. The Labute approximate surface area is 87.3 Å². The number of hydrogen-bond acceptors (Lipinski definition) is 0. The van der Waals surface area contributed by atoms with Gasteiger partial charge in [-0.1, -0.05) is 57.0 Å². The van der Waals surface area contributed by atoms with Crippen molar-refractivity contribution in [1.29, 1.82) is 0 Å². The van der Waals surface area contributed by atoms with Crippen molar-refractivity contribution in [2.45, 2.75) is 44.9 Å². The molecule has 0 bridgehead atoms. The predicted molar refractivity (Wildman–Crippen MR) is 61.2 cm³/mol. The molecule has 75 valence electrons. The molecule has 1 aromatic carbocycles. The minimum atomic E-state index is 0.289. The minimum absolute atomic E-state index is 0.289. The highest BCUT2D eigenvalue weighted by Gasteiger charge is 2.33. The van der Waals surface area contributed by atoms with Crippen molar-refractivity contribution in [3.05, 3.63) is 41.8 Å². The molecule has 1 fully saturated rings. The van der Waals surface area contributed by atoms with Gasteiger partial charge in [0, 0.05) is 0 Å². The molecule has 1 radical (unpaired) electrons. The number of hydrogen-bond donors (Lipinski definition) is 0. The van der Waals surface area contributed by atoms with Crippen LogP contribution in [0.5, 0.6) is 0 Å². The number of benzene rings is 1. The zero-order chi connectivity index (χ0) is 10.0. The summed E-state index contributed by atoms with van der Waals surface area (Å²) in [7, 11) is 0. The maximum Gasteiger partial charge on any atom is -0.00415 e. The lowest BCUT2D eigenvalue weighted by molar-refractivity contribution is 0.513. The second kappa shape index (κ2) is 3.76. The SMILES string of the molecule is CC(C)([C]1CCCC1)c1ccccc1. The Balaban J connectivity index is 2.22. The first kappa shape index (κ1) is 9.76. The molecular weight excluding hydrogens is 168 g/mol. The van der Waals surface area contributed by atoms with Crippen LogP contribution in [-0.4, -0.2) is 0 Å². The highest BCUT2D eigenvalue weighted by atomic mass is 14.4. The lowest BCUT2D eigenvalue weighted by Gasteiger charge is -2.31.